The van der Waals surface area contributed by atoms with Crippen molar-refractivity contribution in [1.82, 2.24) is 10.3 Å². The molecule has 16 heavy (non-hydrogen) atoms. The molecule has 0 aliphatic carbocycles. The van der Waals surface area contributed by atoms with Gasteiger partial charge in [0.15, 0.2) is 0 Å². The van der Waals surface area contributed by atoms with Gasteiger partial charge in [0.25, 0.3) is 0 Å². The van der Waals surface area contributed by atoms with E-state index in [9.17, 15) is 0 Å². The van der Waals surface area contributed by atoms with Crippen LogP contribution in [0.15, 0.2) is 5.38 Å². The van der Waals surface area contributed by atoms with Gasteiger partial charge in [0.1, 0.15) is 5.01 Å². The molecule has 2 rings (SSSR count). The summed E-state index contributed by atoms with van der Waals surface area (Å²) in [7, 11) is 0. The maximum atomic E-state index is 4.82. The number of nitrogens with zero attached hydrogens (tertiary/aromatic N) is 1. The SMILES string of the molecule is CCNC(C)(C)c1csc(C2CCCS2)n1. The van der Waals surface area contributed by atoms with E-state index in [4.69, 9.17) is 4.98 Å². The van der Waals surface area contributed by atoms with Gasteiger partial charge in [-0.25, -0.2) is 4.98 Å². The standard InChI is InChI=1S/C12H20N2S2/c1-4-13-12(2,3)10-8-16-11(14-10)9-6-5-7-15-9/h8-9,13H,4-7H2,1-3H3. The Balaban J connectivity index is 2.12. The molecule has 0 aromatic carbocycles. The third-order valence-corrected chi connectivity index (χ3v) is 5.48. The number of hydrogen-bond acceptors (Lipinski definition) is 4. The average Bonchev–Trinajstić information content (AvgIpc) is 2.89. The summed E-state index contributed by atoms with van der Waals surface area (Å²) >= 11 is 3.89. The summed E-state index contributed by atoms with van der Waals surface area (Å²) in [6.07, 6.45) is 2.65. The molecule has 1 unspecified atom stereocenters. The van der Waals surface area contributed by atoms with E-state index in [2.05, 4.69) is 43.2 Å². The molecule has 1 aromatic heterocycles. The number of nitrogens with one attached hydrogen (secondary N) is 1. The minimum absolute atomic E-state index is 0.00672. The summed E-state index contributed by atoms with van der Waals surface area (Å²) in [5.74, 6) is 1.30. The predicted molar refractivity (Wildman–Crippen MR) is 73.2 cm³/mol. The van der Waals surface area contributed by atoms with Crippen molar-refractivity contribution in [2.75, 3.05) is 12.3 Å². The third-order valence-electron chi connectivity index (χ3n) is 2.99. The topological polar surface area (TPSA) is 24.9 Å². The first-order valence-corrected chi connectivity index (χ1v) is 7.89. The summed E-state index contributed by atoms with van der Waals surface area (Å²) in [6, 6.07) is 0. The Hall–Kier alpha value is -0.0600. The van der Waals surface area contributed by atoms with E-state index >= 15 is 0 Å². The molecule has 1 aliphatic rings. The second-order valence-electron chi connectivity index (χ2n) is 4.73. The molecule has 1 N–H and O–H groups in total. The fourth-order valence-corrected chi connectivity index (χ4v) is 4.55. The highest BCUT2D eigenvalue weighted by atomic mass is 32.2. The monoisotopic (exact) mass is 256 g/mol. The molecule has 0 radical (unpaired) electrons. The molecule has 90 valence electrons. The van der Waals surface area contributed by atoms with Gasteiger partial charge in [-0.15, -0.1) is 11.3 Å². The lowest BCUT2D eigenvalue weighted by atomic mass is 10.0. The van der Waals surface area contributed by atoms with Crippen molar-refractivity contribution in [1.29, 1.82) is 0 Å². The van der Waals surface area contributed by atoms with Crippen LogP contribution < -0.4 is 5.32 Å². The van der Waals surface area contributed by atoms with Crippen LogP contribution in [0.4, 0.5) is 0 Å². The number of thiazole rings is 1. The fourth-order valence-electron chi connectivity index (χ4n) is 2.03. The zero-order chi connectivity index (χ0) is 11.6. The summed E-state index contributed by atoms with van der Waals surface area (Å²) in [6.45, 7) is 7.54. The molecule has 0 amide bonds. The van der Waals surface area contributed by atoms with Gasteiger partial charge in [-0.05, 0) is 39.0 Å². The highest BCUT2D eigenvalue weighted by molar-refractivity contribution is 7.99. The molecule has 1 aliphatic heterocycles. The molecular weight excluding hydrogens is 236 g/mol. The lowest BCUT2D eigenvalue weighted by molar-refractivity contribution is 0.405. The van der Waals surface area contributed by atoms with Crippen LogP contribution in [-0.2, 0) is 5.54 Å². The largest absolute Gasteiger partial charge is 0.307 e. The van der Waals surface area contributed by atoms with Gasteiger partial charge in [-0.1, -0.05) is 6.92 Å². The average molecular weight is 256 g/mol. The molecular formula is C12H20N2S2. The van der Waals surface area contributed by atoms with Crippen LogP contribution in [0, 0.1) is 0 Å². The maximum absolute atomic E-state index is 4.82. The molecule has 2 nitrogen and oxygen atoms in total. The highest BCUT2D eigenvalue weighted by Gasteiger charge is 2.26. The molecule has 1 aromatic rings. The van der Waals surface area contributed by atoms with Crippen molar-refractivity contribution in [2.45, 2.75) is 44.4 Å². The summed E-state index contributed by atoms with van der Waals surface area (Å²) in [5, 5.41) is 7.68. The summed E-state index contributed by atoms with van der Waals surface area (Å²) in [5.41, 5.74) is 1.20. The van der Waals surface area contributed by atoms with E-state index in [1.54, 1.807) is 0 Å². The van der Waals surface area contributed by atoms with Crippen LogP contribution in [0.1, 0.15) is 49.6 Å². The molecule has 0 bridgehead atoms. The first-order chi connectivity index (χ1) is 7.63. The molecule has 1 fully saturated rings. The maximum Gasteiger partial charge on any atom is 0.106 e. The van der Waals surface area contributed by atoms with E-state index in [0.29, 0.717) is 5.25 Å². The van der Waals surface area contributed by atoms with Crippen molar-refractivity contribution in [2.24, 2.45) is 0 Å². The van der Waals surface area contributed by atoms with Gasteiger partial charge < -0.3 is 5.32 Å². The van der Waals surface area contributed by atoms with Gasteiger partial charge in [-0.3, -0.25) is 0 Å². The molecule has 2 heterocycles. The number of thioether (sulfide) groups is 1. The normalized spacial score (nSPS) is 21.6. The first kappa shape index (κ1) is 12.4. The van der Waals surface area contributed by atoms with Gasteiger partial charge >= 0.3 is 0 Å². The second-order valence-corrected chi connectivity index (χ2v) is 6.93. The van der Waals surface area contributed by atoms with Gasteiger partial charge in [-0.2, -0.15) is 11.8 Å². The van der Waals surface area contributed by atoms with Crippen molar-refractivity contribution >= 4 is 23.1 Å². The Labute approximate surface area is 106 Å². The first-order valence-electron chi connectivity index (χ1n) is 5.96. The minimum atomic E-state index is 0.00672. The zero-order valence-corrected chi connectivity index (χ0v) is 11.9. The minimum Gasteiger partial charge on any atom is -0.307 e. The zero-order valence-electron chi connectivity index (χ0n) is 10.2. The van der Waals surface area contributed by atoms with Gasteiger partial charge in [0, 0.05) is 5.38 Å². The lowest BCUT2D eigenvalue weighted by Gasteiger charge is -2.23. The third kappa shape index (κ3) is 2.60. The van der Waals surface area contributed by atoms with E-state index < -0.39 is 0 Å². The second kappa shape index (κ2) is 5.07. The number of aromatic nitrogens is 1. The van der Waals surface area contributed by atoms with Crippen molar-refractivity contribution in [3.63, 3.8) is 0 Å². The van der Waals surface area contributed by atoms with Crippen LogP contribution in [0.5, 0.6) is 0 Å². The van der Waals surface area contributed by atoms with Gasteiger partial charge in [0.05, 0.1) is 16.5 Å². The van der Waals surface area contributed by atoms with Crippen LogP contribution in [0.3, 0.4) is 0 Å². The van der Waals surface area contributed by atoms with Crippen molar-refractivity contribution in [3.8, 4) is 0 Å². The van der Waals surface area contributed by atoms with E-state index in [0.717, 1.165) is 6.54 Å². The summed E-state index contributed by atoms with van der Waals surface area (Å²) < 4.78 is 0. The predicted octanol–water partition coefficient (Wildman–Crippen LogP) is 3.56. The van der Waals surface area contributed by atoms with Crippen LogP contribution in [0.2, 0.25) is 0 Å². The molecule has 4 heteroatoms. The number of rotatable bonds is 4. The Morgan fingerprint density at radius 3 is 3.00 bits per heavy atom. The molecule has 1 atom stereocenters. The highest BCUT2D eigenvalue weighted by Crippen LogP contribution is 2.41. The summed E-state index contributed by atoms with van der Waals surface area (Å²) in [4.78, 5) is 4.82. The molecule has 0 spiro atoms. The quantitative estimate of drug-likeness (QED) is 0.891. The smallest absolute Gasteiger partial charge is 0.106 e. The van der Waals surface area contributed by atoms with E-state index in [1.807, 2.05) is 11.3 Å². The van der Waals surface area contributed by atoms with Crippen molar-refractivity contribution < 1.29 is 0 Å². The van der Waals surface area contributed by atoms with Gasteiger partial charge in [0.2, 0.25) is 0 Å². The molecule has 1 saturated heterocycles. The van der Waals surface area contributed by atoms with Crippen LogP contribution in [-0.4, -0.2) is 17.3 Å². The Morgan fingerprint density at radius 2 is 2.38 bits per heavy atom. The molecule has 0 saturated carbocycles. The number of hydrogen-bond donors (Lipinski definition) is 1. The van der Waals surface area contributed by atoms with Crippen molar-refractivity contribution in [3.05, 3.63) is 16.1 Å². The Morgan fingerprint density at radius 1 is 1.56 bits per heavy atom. The van der Waals surface area contributed by atoms with E-state index in [1.165, 1.54) is 29.3 Å². The fraction of sp³-hybridized carbons (Fsp3) is 0.750. The van der Waals surface area contributed by atoms with Crippen LogP contribution >= 0.6 is 23.1 Å². The lowest BCUT2D eigenvalue weighted by Crippen LogP contribution is -2.36. The Kier molecular flexibility index (Phi) is 3.93. The van der Waals surface area contributed by atoms with E-state index in [-0.39, 0.29) is 5.54 Å². The van der Waals surface area contributed by atoms with Crippen LogP contribution in [0.25, 0.3) is 0 Å². The Bertz CT molecular complexity index is 341.